The van der Waals surface area contributed by atoms with Crippen molar-refractivity contribution in [1.82, 2.24) is 19.5 Å². The molecule has 2 fully saturated rings. The molecule has 9 heteroatoms. The van der Waals surface area contributed by atoms with E-state index in [1.165, 1.54) is 11.8 Å². The monoisotopic (exact) mass is 430 g/mol. The van der Waals surface area contributed by atoms with Crippen LogP contribution < -0.4 is 16.0 Å². The molecule has 2 aromatic heterocycles. The number of nitrogens with zero attached hydrogens (tertiary/aromatic N) is 3. The lowest BCUT2D eigenvalue weighted by molar-refractivity contribution is 0.411. The third-order valence-corrected chi connectivity index (χ3v) is 6.49. The van der Waals surface area contributed by atoms with E-state index in [0.29, 0.717) is 32.8 Å². The standard InChI is InChI=1S/C20H19ClN4O3S/c1-28-14-7-4-12(21)8-11(14)9-29-19-15-17(22-16(23-19)10-2-3-10)25(13-5-6-13)20(27)24-18(15)26/h4,7-8,10,13H,2-3,5-6,9H2,1H3,(H,24,26,27). The number of ether oxygens (including phenoxy) is 1. The van der Waals surface area contributed by atoms with Crippen LogP contribution in [0, 0.1) is 0 Å². The molecule has 3 aromatic rings. The molecule has 0 spiro atoms. The van der Waals surface area contributed by atoms with Crippen LogP contribution in [0.5, 0.6) is 5.75 Å². The highest BCUT2D eigenvalue weighted by molar-refractivity contribution is 7.98. The first-order chi connectivity index (χ1) is 14.0. The number of hydrogen-bond acceptors (Lipinski definition) is 6. The molecule has 2 aliphatic rings. The van der Waals surface area contributed by atoms with E-state index in [2.05, 4.69) is 9.97 Å². The van der Waals surface area contributed by atoms with Gasteiger partial charge in [-0.3, -0.25) is 14.3 Å². The van der Waals surface area contributed by atoms with Crippen molar-refractivity contribution in [2.45, 2.75) is 48.4 Å². The summed E-state index contributed by atoms with van der Waals surface area (Å²) in [5.74, 6) is 2.28. The van der Waals surface area contributed by atoms with Crippen LogP contribution in [0.15, 0.2) is 32.8 Å². The number of H-pyrrole nitrogens is 1. The predicted molar refractivity (Wildman–Crippen MR) is 112 cm³/mol. The van der Waals surface area contributed by atoms with Crippen LogP contribution in [0.4, 0.5) is 0 Å². The second-order valence-corrected chi connectivity index (χ2v) is 8.87. The minimum absolute atomic E-state index is 0.106. The highest BCUT2D eigenvalue weighted by atomic mass is 35.5. The fourth-order valence-corrected chi connectivity index (χ4v) is 4.64. The van der Waals surface area contributed by atoms with E-state index >= 15 is 0 Å². The Hall–Kier alpha value is -2.32. The van der Waals surface area contributed by atoms with Gasteiger partial charge < -0.3 is 4.74 Å². The van der Waals surface area contributed by atoms with Gasteiger partial charge in [0.15, 0.2) is 5.65 Å². The Labute approximate surface area is 175 Å². The number of rotatable bonds is 6. The normalized spacial score (nSPS) is 16.3. The zero-order valence-corrected chi connectivity index (χ0v) is 17.3. The number of thioether (sulfide) groups is 1. The van der Waals surface area contributed by atoms with Crippen molar-refractivity contribution in [2.75, 3.05) is 7.11 Å². The van der Waals surface area contributed by atoms with Crippen LogP contribution >= 0.6 is 23.4 Å². The summed E-state index contributed by atoms with van der Waals surface area (Å²) < 4.78 is 7.06. The van der Waals surface area contributed by atoms with Crippen molar-refractivity contribution < 1.29 is 4.74 Å². The van der Waals surface area contributed by atoms with E-state index in [4.69, 9.17) is 21.3 Å². The van der Waals surface area contributed by atoms with Gasteiger partial charge >= 0.3 is 5.69 Å². The van der Waals surface area contributed by atoms with Crippen molar-refractivity contribution in [2.24, 2.45) is 0 Å². The summed E-state index contributed by atoms with van der Waals surface area (Å²) in [5, 5.41) is 1.59. The van der Waals surface area contributed by atoms with Gasteiger partial charge in [0.1, 0.15) is 22.0 Å². The van der Waals surface area contributed by atoms with Gasteiger partial charge in [0, 0.05) is 28.3 Å². The number of halogens is 1. The van der Waals surface area contributed by atoms with Crippen LogP contribution in [0.1, 0.15) is 49.0 Å². The number of aromatic nitrogens is 4. The van der Waals surface area contributed by atoms with E-state index in [9.17, 15) is 9.59 Å². The lowest BCUT2D eigenvalue weighted by atomic mass is 10.2. The summed E-state index contributed by atoms with van der Waals surface area (Å²) in [4.78, 5) is 37.0. The molecule has 1 aromatic carbocycles. The Morgan fingerprint density at radius 3 is 2.72 bits per heavy atom. The number of methoxy groups -OCH3 is 1. The van der Waals surface area contributed by atoms with Crippen molar-refractivity contribution in [3.63, 3.8) is 0 Å². The molecule has 1 N–H and O–H groups in total. The summed E-state index contributed by atoms with van der Waals surface area (Å²) >= 11 is 7.58. The summed E-state index contributed by atoms with van der Waals surface area (Å²) in [7, 11) is 1.61. The summed E-state index contributed by atoms with van der Waals surface area (Å²) in [6.45, 7) is 0. The fraction of sp³-hybridized carbons (Fsp3) is 0.400. The largest absolute Gasteiger partial charge is 0.496 e. The molecular formula is C20H19ClN4O3S. The maximum atomic E-state index is 12.7. The molecule has 2 heterocycles. The first-order valence-corrected chi connectivity index (χ1v) is 10.9. The Kier molecular flexibility index (Phi) is 4.63. The molecule has 0 amide bonds. The molecule has 2 saturated carbocycles. The molecule has 0 saturated heterocycles. The topological polar surface area (TPSA) is 89.9 Å². The zero-order valence-electron chi connectivity index (χ0n) is 15.8. The Balaban J connectivity index is 1.63. The van der Waals surface area contributed by atoms with E-state index < -0.39 is 11.2 Å². The number of hydrogen-bond donors (Lipinski definition) is 1. The first-order valence-electron chi connectivity index (χ1n) is 9.57. The molecule has 150 valence electrons. The molecule has 5 rings (SSSR count). The van der Waals surface area contributed by atoms with Crippen molar-refractivity contribution in [1.29, 1.82) is 0 Å². The molecular weight excluding hydrogens is 412 g/mol. The summed E-state index contributed by atoms with van der Waals surface area (Å²) in [5.41, 5.74) is 0.540. The third-order valence-electron chi connectivity index (χ3n) is 5.23. The quantitative estimate of drug-likeness (QED) is 0.474. The van der Waals surface area contributed by atoms with E-state index in [0.717, 1.165) is 42.8 Å². The predicted octanol–water partition coefficient (Wildman–Crippen LogP) is 3.65. The maximum absolute atomic E-state index is 12.7. The number of nitrogens with one attached hydrogen (secondary N) is 1. The Morgan fingerprint density at radius 2 is 2.03 bits per heavy atom. The van der Waals surface area contributed by atoms with Gasteiger partial charge in [-0.05, 0) is 43.9 Å². The smallest absolute Gasteiger partial charge is 0.330 e. The summed E-state index contributed by atoms with van der Waals surface area (Å²) in [6.07, 6.45) is 3.92. The van der Waals surface area contributed by atoms with Crippen LogP contribution in [-0.2, 0) is 5.75 Å². The van der Waals surface area contributed by atoms with Gasteiger partial charge in [-0.15, -0.1) is 11.8 Å². The molecule has 0 unspecified atom stereocenters. The molecule has 0 atom stereocenters. The average molecular weight is 431 g/mol. The highest BCUT2D eigenvalue weighted by Crippen LogP contribution is 2.41. The van der Waals surface area contributed by atoms with Crippen LogP contribution in [0.2, 0.25) is 5.02 Å². The minimum Gasteiger partial charge on any atom is -0.496 e. The van der Waals surface area contributed by atoms with E-state index in [1.807, 2.05) is 12.1 Å². The van der Waals surface area contributed by atoms with Crippen molar-refractivity contribution >= 4 is 34.4 Å². The maximum Gasteiger partial charge on any atom is 0.330 e. The Morgan fingerprint density at radius 1 is 1.24 bits per heavy atom. The Bertz CT molecular complexity index is 1230. The number of fused-ring (bicyclic) bond motifs is 1. The zero-order chi connectivity index (χ0) is 20.1. The molecule has 29 heavy (non-hydrogen) atoms. The van der Waals surface area contributed by atoms with Gasteiger partial charge in [0.25, 0.3) is 5.56 Å². The average Bonchev–Trinajstić information content (AvgIpc) is 3.59. The van der Waals surface area contributed by atoms with Gasteiger partial charge in [0.2, 0.25) is 0 Å². The highest BCUT2D eigenvalue weighted by Gasteiger charge is 2.32. The second kappa shape index (κ2) is 7.18. The van der Waals surface area contributed by atoms with Gasteiger partial charge in [-0.2, -0.15) is 0 Å². The van der Waals surface area contributed by atoms with Crippen LogP contribution in [-0.4, -0.2) is 26.6 Å². The van der Waals surface area contributed by atoms with Gasteiger partial charge in [0.05, 0.1) is 7.11 Å². The molecule has 2 aliphatic carbocycles. The van der Waals surface area contributed by atoms with Gasteiger partial charge in [-0.1, -0.05) is 11.6 Å². The van der Waals surface area contributed by atoms with Crippen LogP contribution in [0.25, 0.3) is 11.0 Å². The van der Waals surface area contributed by atoms with E-state index in [-0.39, 0.29) is 6.04 Å². The molecule has 0 radical (unpaired) electrons. The molecule has 0 bridgehead atoms. The lowest BCUT2D eigenvalue weighted by Gasteiger charge is -2.13. The van der Waals surface area contributed by atoms with Gasteiger partial charge in [-0.25, -0.2) is 14.8 Å². The summed E-state index contributed by atoms with van der Waals surface area (Å²) in [6, 6.07) is 5.56. The van der Waals surface area contributed by atoms with E-state index in [1.54, 1.807) is 17.7 Å². The number of benzene rings is 1. The molecule has 0 aliphatic heterocycles. The van der Waals surface area contributed by atoms with Crippen LogP contribution in [0.3, 0.4) is 0 Å². The van der Waals surface area contributed by atoms with Crippen molar-refractivity contribution in [3.8, 4) is 5.75 Å². The lowest BCUT2D eigenvalue weighted by Crippen LogP contribution is -2.31. The molecule has 7 nitrogen and oxygen atoms in total. The first kappa shape index (κ1) is 18.7. The SMILES string of the molecule is COc1ccc(Cl)cc1CSc1nc(C2CC2)nc2c1c(=O)[nH]c(=O)n2C1CC1. The minimum atomic E-state index is -0.440. The number of aromatic amines is 1. The fourth-order valence-electron chi connectivity index (χ4n) is 3.44. The third kappa shape index (κ3) is 3.55. The van der Waals surface area contributed by atoms with Crippen molar-refractivity contribution in [3.05, 3.63) is 55.4 Å². The second-order valence-electron chi connectivity index (χ2n) is 7.47.